The van der Waals surface area contributed by atoms with Gasteiger partial charge in [0.2, 0.25) is 5.95 Å². The number of rotatable bonds is 3. The molecule has 2 aliphatic rings. The van der Waals surface area contributed by atoms with Gasteiger partial charge < -0.3 is 24.4 Å². The third-order valence-corrected chi connectivity index (χ3v) is 4.71. The van der Waals surface area contributed by atoms with Gasteiger partial charge in [0, 0.05) is 31.7 Å². The fourth-order valence-corrected chi connectivity index (χ4v) is 3.31. The van der Waals surface area contributed by atoms with E-state index < -0.39 is 0 Å². The molecule has 0 saturated carbocycles. The fraction of sp³-hybridized carbons (Fsp3) is 0.421. The van der Waals surface area contributed by atoms with Crippen LogP contribution in [-0.4, -0.2) is 67.7 Å². The zero-order valence-electron chi connectivity index (χ0n) is 15.0. The fourth-order valence-electron chi connectivity index (χ4n) is 3.31. The molecule has 27 heavy (non-hydrogen) atoms. The number of anilines is 2. The van der Waals surface area contributed by atoms with Crippen molar-refractivity contribution >= 4 is 11.8 Å². The number of ether oxygens (including phenoxy) is 2. The summed E-state index contributed by atoms with van der Waals surface area (Å²) in [7, 11) is 0. The van der Waals surface area contributed by atoms with E-state index in [1.54, 1.807) is 18.2 Å². The smallest absolute Gasteiger partial charge is 0.228 e. The van der Waals surface area contributed by atoms with Gasteiger partial charge in [-0.25, -0.2) is 4.98 Å². The Balaban J connectivity index is 1.85. The molecule has 4 rings (SSSR count). The molecule has 2 aliphatic heterocycles. The highest BCUT2D eigenvalue weighted by molar-refractivity contribution is 5.75. The Hall–Kier alpha value is -2.89. The van der Waals surface area contributed by atoms with Crippen molar-refractivity contribution in [3.63, 3.8) is 0 Å². The Morgan fingerprint density at radius 2 is 1.63 bits per heavy atom. The molecule has 140 valence electrons. The Labute approximate surface area is 157 Å². The van der Waals surface area contributed by atoms with E-state index in [1.165, 1.54) is 0 Å². The lowest BCUT2D eigenvalue weighted by atomic mass is 10.1. The van der Waals surface area contributed by atoms with E-state index >= 15 is 0 Å². The number of hydrogen-bond acceptors (Lipinski definition) is 8. The summed E-state index contributed by atoms with van der Waals surface area (Å²) in [4.78, 5) is 13.6. The van der Waals surface area contributed by atoms with Crippen LogP contribution in [0.4, 0.5) is 11.8 Å². The summed E-state index contributed by atoms with van der Waals surface area (Å²) >= 11 is 0. The highest BCUT2D eigenvalue weighted by atomic mass is 16.5. The number of phenols is 1. The summed E-state index contributed by atoms with van der Waals surface area (Å²) in [6, 6.07) is 9.09. The van der Waals surface area contributed by atoms with Crippen LogP contribution in [0.3, 0.4) is 0 Å². The first-order valence-corrected chi connectivity index (χ1v) is 9.03. The first kappa shape index (κ1) is 17.5. The normalized spacial score (nSPS) is 17.6. The maximum atomic E-state index is 9.89. The molecule has 0 radical (unpaired) electrons. The van der Waals surface area contributed by atoms with Crippen LogP contribution in [0.1, 0.15) is 5.56 Å². The average Bonchev–Trinajstić information content (AvgIpc) is 2.74. The summed E-state index contributed by atoms with van der Waals surface area (Å²) in [6.07, 6.45) is 0. The molecule has 1 aromatic carbocycles. The summed E-state index contributed by atoms with van der Waals surface area (Å²) in [6.45, 7) is 5.20. The molecule has 0 aliphatic carbocycles. The standard InChI is InChI=1S/C19H21N5O3/c20-13-16-17(14-2-1-3-15(25)12-14)21-19(24-6-10-27-11-7-24)22-18(16)23-4-8-26-9-5-23/h1-3,12,25H,4-11H2. The number of aromatic nitrogens is 2. The van der Waals surface area contributed by atoms with E-state index in [1.807, 2.05) is 6.07 Å². The predicted octanol–water partition coefficient (Wildman–Crippen LogP) is 1.39. The summed E-state index contributed by atoms with van der Waals surface area (Å²) in [5, 5.41) is 19.8. The molecule has 3 heterocycles. The van der Waals surface area contributed by atoms with Gasteiger partial charge in [0.15, 0.2) is 5.82 Å². The lowest BCUT2D eigenvalue weighted by Gasteiger charge is -2.31. The lowest BCUT2D eigenvalue weighted by Crippen LogP contribution is -2.40. The second-order valence-electron chi connectivity index (χ2n) is 6.43. The van der Waals surface area contributed by atoms with Gasteiger partial charge in [0.25, 0.3) is 0 Å². The van der Waals surface area contributed by atoms with Crippen LogP contribution in [0.25, 0.3) is 11.3 Å². The van der Waals surface area contributed by atoms with E-state index in [9.17, 15) is 10.4 Å². The van der Waals surface area contributed by atoms with Gasteiger partial charge in [-0.2, -0.15) is 10.2 Å². The minimum Gasteiger partial charge on any atom is -0.508 e. The van der Waals surface area contributed by atoms with Gasteiger partial charge in [0.1, 0.15) is 17.4 Å². The van der Waals surface area contributed by atoms with Crippen molar-refractivity contribution < 1.29 is 14.6 Å². The first-order chi connectivity index (χ1) is 13.3. The van der Waals surface area contributed by atoms with Crippen LogP contribution in [-0.2, 0) is 9.47 Å². The molecule has 8 nitrogen and oxygen atoms in total. The van der Waals surface area contributed by atoms with E-state index in [-0.39, 0.29) is 5.75 Å². The van der Waals surface area contributed by atoms with Gasteiger partial charge in [-0.15, -0.1) is 0 Å². The Morgan fingerprint density at radius 1 is 0.963 bits per heavy atom. The molecular weight excluding hydrogens is 346 g/mol. The molecule has 2 aromatic rings. The van der Waals surface area contributed by atoms with Crippen LogP contribution < -0.4 is 9.80 Å². The maximum absolute atomic E-state index is 9.89. The molecular formula is C19H21N5O3. The number of nitriles is 1. The minimum atomic E-state index is 0.135. The Kier molecular flexibility index (Phi) is 5.05. The van der Waals surface area contributed by atoms with Crippen LogP contribution in [0, 0.1) is 11.3 Å². The molecule has 0 bridgehead atoms. The van der Waals surface area contributed by atoms with Crippen LogP contribution in [0.15, 0.2) is 24.3 Å². The van der Waals surface area contributed by atoms with E-state index in [0.29, 0.717) is 81.2 Å². The monoisotopic (exact) mass is 367 g/mol. The third kappa shape index (κ3) is 3.65. The first-order valence-electron chi connectivity index (χ1n) is 9.03. The summed E-state index contributed by atoms with van der Waals surface area (Å²) in [5.74, 6) is 1.34. The Bertz CT molecular complexity index is 855. The third-order valence-electron chi connectivity index (χ3n) is 4.71. The predicted molar refractivity (Wildman–Crippen MR) is 99.9 cm³/mol. The van der Waals surface area contributed by atoms with Crippen molar-refractivity contribution in [2.45, 2.75) is 0 Å². The van der Waals surface area contributed by atoms with Gasteiger partial charge >= 0.3 is 0 Å². The molecule has 0 spiro atoms. The number of hydrogen-bond donors (Lipinski definition) is 1. The topological polar surface area (TPSA) is 94.7 Å². The average molecular weight is 367 g/mol. The molecule has 0 atom stereocenters. The molecule has 1 aromatic heterocycles. The van der Waals surface area contributed by atoms with Crippen LogP contribution >= 0.6 is 0 Å². The van der Waals surface area contributed by atoms with Gasteiger partial charge in [0.05, 0.1) is 32.1 Å². The number of nitrogens with zero attached hydrogens (tertiary/aromatic N) is 5. The Morgan fingerprint density at radius 3 is 2.26 bits per heavy atom. The minimum absolute atomic E-state index is 0.135. The zero-order valence-corrected chi connectivity index (χ0v) is 15.0. The largest absolute Gasteiger partial charge is 0.508 e. The van der Waals surface area contributed by atoms with Crippen molar-refractivity contribution in [2.24, 2.45) is 0 Å². The molecule has 2 saturated heterocycles. The van der Waals surface area contributed by atoms with Crippen molar-refractivity contribution in [2.75, 3.05) is 62.4 Å². The maximum Gasteiger partial charge on any atom is 0.228 e. The van der Waals surface area contributed by atoms with Gasteiger partial charge in [-0.1, -0.05) is 12.1 Å². The lowest BCUT2D eigenvalue weighted by molar-refractivity contribution is 0.121. The molecule has 0 amide bonds. The van der Waals surface area contributed by atoms with Crippen molar-refractivity contribution in [3.05, 3.63) is 29.8 Å². The second kappa shape index (κ2) is 7.78. The van der Waals surface area contributed by atoms with E-state index in [2.05, 4.69) is 15.9 Å². The molecule has 8 heteroatoms. The number of aromatic hydroxyl groups is 1. The van der Waals surface area contributed by atoms with Crippen molar-refractivity contribution in [3.8, 4) is 23.1 Å². The molecule has 2 fully saturated rings. The highest BCUT2D eigenvalue weighted by Gasteiger charge is 2.25. The molecule has 1 N–H and O–H groups in total. The van der Waals surface area contributed by atoms with E-state index in [4.69, 9.17) is 19.4 Å². The quantitative estimate of drug-likeness (QED) is 0.870. The molecule has 0 unspecified atom stereocenters. The van der Waals surface area contributed by atoms with Crippen molar-refractivity contribution in [1.82, 2.24) is 9.97 Å². The van der Waals surface area contributed by atoms with E-state index in [0.717, 1.165) is 0 Å². The highest BCUT2D eigenvalue weighted by Crippen LogP contribution is 2.32. The summed E-state index contributed by atoms with van der Waals surface area (Å²) in [5.41, 5.74) is 1.64. The number of phenolic OH excluding ortho intramolecular Hbond substituents is 1. The van der Waals surface area contributed by atoms with Crippen LogP contribution in [0.5, 0.6) is 5.75 Å². The number of benzene rings is 1. The van der Waals surface area contributed by atoms with Gasteiger partial charge in [-0.05, 0) is 12.1 Å². The van der Waals surface area contributed by atoms with Crippen molar-refractivity contribution in [1.29, 1.82) is 5.26 Å². The van der Waals surface area contributed by atoms with Gasteiger partial charge in [-0.3, -0.25) is 0 Å². The zero-order chi connectivity index (χ0) is 18.6. The second-order valence-corrected chi connectivity index (χ2v) is 6.43. The van der Waals surface area contributed by atoms with Crippen LogP contribution in [0.2, 0.25) is 0 Å². The SMILES string of the molecule is N#Cc1c(-c2cccc(O)c2)nc(N2CCOCC2)nc1N1CCOCC1. The summed E-state index contributed by atoms with van der Waals surface area (Å²) < 4.78 is 10.9. The number of morpholine rings is 2.